The normalized spacial score (nSPS) is 23.3. The minimum atomic E-state index is -4.59. The van der Waals surface area contributed by atoms with Gasteiger partial charge in [-0.05, 0) is 56.0 Å². The second kappa shape index (κ2) is 7.26. The minimum Gasteiger partial charge on any atom is -0.339 e. The van der Waals surface area contributed by atoms with Gasteiger partial charge in [0.25, 0.3) is 5.91 Å². The van der Waals surface area contributed by atoms with Crippen molar-refractivity contribution < 1.29 is 22.8 Å². The molecule has 1 aromatic carbocycles. The third-order valence-electron chi connectivity index (χ3n) is 5.13. The minimum absolute atomic E-state index is 0.0217. The summed E-state index contributed by atoms with van der Waals surface area (Å²) in [7, 11) is 0. The molecule has 2 atom stereocenters. The van der Waals surface area contributed by atoms with Crippen LogP contribution in [0.1, 0.15) is 35.7 Å². The number of carbonyl (C=O) groups excluding carboxylic acids is 2. The van der Waals surface area contributed by atoms with Crippen LogP contribution in [0, 0.1) is 11.8 Å². The van der Waals surface area contributed by atoms with E-state index in [0.717, 1.165) is 38.1 Å². The van der Waals surface area contributed by atoms with Crippen molar-refractivity contribution in [1.29, 1.82) is 0 Å². The molecule has 2 fully saturated rings. The molecule has 3 rings (SSSR count). The molecule has 2 heterocycles. The van der Waals surface area contributed by atoms with E-state index in [2.05, 4.69) is 10.6 Å². The van der Waals surface area contributed by atoms with Crippen molar-refractivity contribution in [3.8, 4) is 0 Å². The molecule has 1 aromatic rings. The van der Waals surface area contributed by atoms with Crippen LogP contribution in [0.4, 0.5) is 18.9 Å². The smallest absolute Gasteiger partial charge is 0.339 e. The Morgan fingerprint density at radius 2 is 1.73 bits per heavy atom. The third kappa shape index (κ3) is 4.17. The first kappa shape index (κ1) is 18.7. The molecule has 0 aromatic heterocycles. The molecule has 142 valence electrons. The number of likely N-dealkylation sites (tertiary alicyclic amines) is 1. The fraction of sp³-hybridized carbons (Fsp3) is 0.556. The van der Waals surface area contributed by atoms with Crippen LogP contribution in [0.3, 0.4) is 0 Å². The second-order valence-corrected chi connectivity index (χ2v) is 7.03. The van der Waals surface area contributed by atoms with Crippen LogP contribution in [-0.2, 0) is 11.0 Å². The van der Waals surface area contributed by atoms with Gasteiger partial charge in [0.05, 0.1) is 5.56 Å². The van der Waals surface area contributed by atoms with E-state index in [-0.39, 0.29) is 11.3 Å². The summed E-state index contributed by atoms with van der Waals surface area (Å²) >= 11 is 0. The number of fused-ring (bicyclic) bond motifs is 1. The monoisotopic (exact) mass is 369 g/mol. The summed E-state index contributed by atoms with van der Waals surface area (Å²) in [5, 5.41) is 5.69. The first-order valence-electron chi connectivity index (χ1n) is 8.74. The predicted octanol–water partition coefficient (Wildman–Crippen LogP) is 2.74. The molecule has 26 heavy (non-hydrogen) atoms. The van der Waals surface area contributed by atoms with E-state index in [9.17, 15) is 22.8 Å². The summed E-state index contributed by atoms with van der Waals surface area (Å²) in [5.74, 6) is 0.127. The number of benzene rings is 1. The van der Waals surface area contributed by atoms with Gasteiger partial charge in [-0.2, -0.15) is 13.2 Å². The first-order valence-corrected chi connectivity index (χ1v) is 8.74. The highest BCUT2D eigenvalue weighted by molar-refractivity contribution is 5.97. The van der Waals surface area contributed by atoms with E-state index in [1.165, 1.54) is 13.0 Å². The highest BCUT2D eigenvalue weighted by Gasteiger charge is 2.34. The molecule has 2 saturated heterocycles. The lowest BCUT2D eigenvalue weighted by molar-refractivity contribution is -0.137. The molecule has 2 aliphatic heterocycles. The maximum atomic E-state index is 13.2. The Morgan fingerprint density at radius 1 is 1.12 bits per heavy atom. The van der Waals surface area contributed by atoms with Crippen molar-refractivity contribution in [3.63, 3.8) is 0 Å². The van der Waals surface area contributed by atoms with Gasteiger partial charge in [-0.25, -0.2) is 0 Å². The lowest BCUT2D eigenvalue weighted by atomic mass is 9.92. The molecular weight excluding hydrogens is 347 g/mol. The Morgan fingerprint density at radius 3 is 2.27 bits per heavy atom. The molecule has 0 bridgehead atoms. The molecule has 2 N–H and O–H groups in total. The van der Waals surface area contributed by atoms with Crippen molar-refractivity contribution in [2.75, 3.05) is 31.5 Å². The van der Waals surface area contributed by atoms with E-state index in [4.69, 9.17) is 0 Å². The average Bonchev–Trinajstić information content (AvgIpc) is 2.91. The van der Waals surface area contributed by atoms with Gasteiger partial charge in [-0.15, -0.1) is 0 Å². The number of hydrogen-bond donors (Lipinski definition) is 2. The highest BCUT2D eigenvalue weighted by Crippen LogP contribution is 2.33. The molecule has 2 amide bonds. The van der Waals surface area contributed by atoms with Crippen LogP contribution in [0.2, 0.25) is 0 Å². The number of amides is 2. The lowest BCUT2D eigenvalue weighted by Crippen LogP contribution is -2.33. The van der Waals surface area contributed by atoms with Crippen molar-refractivity contribution in [2.24, 2.45) is 11.8 Å². The SMILES string of the molecule is CC(=O)Nc1cc(C(=O)N2CC[C@@H]3CNC[C@@H]3CC2)cc(C(F)(F)F)c1. The van der Waals surface area contributed by atoms with Crippen LogP contribution >= 0.6 is 0 Å². The standard InChI is InChI=1S/C18H22F3N3O2/c1-11(25)23-16-7-14(6-15(8-16)18(19,20)21)17(26)24-4-2-12-9-22-10-13(12)3-5-24/h6-8,12-13,22H,2-5,9-10H2,1H3,(H,23,25)/t12-,13+. The molecule has 8 heteroatoms. The van der Waals surface area contributed by atoms with Gasteiger partial charge in [-0.1, -0.05) is 0 Å². The Balaban J connectivity index is 1.84. The van der Waals surface area contributed by atoms with Gasteiger partial charge in [-0.3, -0.25) is 9.59 Å². The summed E-state index contributed by atoms with van der Waals surface area (Å²) < 4.78 is 39.5. The molecule has 5 nitrogen and oxygen atoms in total. The number of carbonyl (C=O) groups is 2. The van der Waals surface area contributed by atoms with Gasteiger partial charge in [0.1, 0.15) is 0 Å². The maximum absolute atomic E-state index is 13.2. The fourth-order valence-electron chi connectivity index (χ4n) is 3.79. The van der Waals surface area contributed by atoms with E-state index in [0.29, 0.717) is 24.9 Å². The average molecular weight is 369 g/mol. The summed E-state index contributed by atoms with van der Waals surface area (Å²) in [4.78, 5) is 25.7. The van der Waals surface area contributed by atoms with Gasteiger partial charge >= 0.3 is 6.18 Å². The highest BCUT2D eigenvalue weighted by atomic mass is 19.4. The molecular formula is C18H22F3N3O2. The zero-order chi connectivity index (χ0) is 18.9. The zero-order valence-electron chi connectivity index (χ0n) is 14.5. The van der Waals surface area contributed by atoms with Crippen LogP contribution in [0.15, 0.2) is 18.2 Å². The summed E-state index contributed by atoms with van der Waals surface area (Å²) in [5.41, 5.74) is -1.01. The van der Waals surface area contributed by atoms with Crippen molar-refractivity contribution in [1.82, 2.24) is 10.2 Å². The quantitative estimate of drug-likeness (QED) is 0.843. The van der Waals surface area contributed by atoms with E-state index in [1.54, 1.807) is 4.90 Å². The topological polar surface area (TPSA) is 61.4 Å². The van der Waals surface area contributed by atoms with Crippen LogP contribution in [0.25, 0.3) is 0 Å². The summed E-state index contributed by atoms with van der Waals surface area (Å²) in [6.45, 7) is 4.15. The number of anilines is 1. The number of alkyl halides is 3. The predicted molar refractivity (Wildman–Crippen MR) is 90.7 cm³/mol. The maximum Gasteiger partial charge on any atom is 0.416 e. The van der Waals surface area contributed by atoms with Crippen LogP contribution < -0.4 is 10.6 Å². The van der Waals surface area contributed by atoms with Gasteiger partial charge in [0.15, 0.2) is 0 Å². The summed E-state index contributed by atoms with van der Waals surface area (Å²) in [6.07, 6.45) is -2.90. The van der Waals surface area contributed by atoms with Gasteiger partial charge in [0.2, 0.25) is 5.91 Å². The van der Waals surface area contributed by atoms with E-state index >= 15 is 0 Å². The van der Waals surface area contributed by atoms with Crippen LogP contribution in [0.5, 0.6) is 0 Å². The van der Waals surface area contributed by atoms with Crippen molar-refractivity contribution >= 4 is 17.5 Å². The summed E-state index contributed by atoms with van der Waals surface area (Å²) in [6, 6.07) is 3.02. The van der Waals surface area contributed by atoms with Crippen LogP contribution in [-0.4, -0.2) is 42.9 Å². The Bertz CT molecular complexity index is 691. The zero-order valence-corrected chi connectivity index (χ0v) is 14.5. The van der Waals surface area contributed by atoms with Gasteiger partial charge in [0, 0.05) is 31.3 Å². The number of halogens is 3. The molecule has 0 spiro atoms. The van der Waals surface area contributed by atoms with E-state index in [1.807, 2.05) is 0 Å². The molecule has 0 radical (unpaired) electrons. The molecule has 0 unspecified atom stereocenters. The Hall–Kier alpha value is -2.09. The van der Waals surface area contributed by atoms with Gasteiger partial charge < -0.3 is 15.5 Å². The molecule has 2 aliphatic rings. The Labute approximate surface area is 149 Å². The number of nitrogens with one attached hydrogen (secondary N) is 2. The number of hydrogen-bond acceptors (Lipinski definition) is 3. The fourth-order valence-corrected chi connectivity index (χ4v) is 3.79. The lowest BCUT2D eigenvalue weighted by Gasteiger charge is -2.22. The molecule has 0 saturated carbocycles. The third-order valence-corrected chi connectivity index (χ3v) is 5.13. The van der Waals surface area contributed by atoms with Crippen molar-refractivity contribution in [2.45, 2.75) is 25.9 Å². The second-order valence-electron chi connectivity index (χ2n) is 7.03. The largest absolute Gasteiger partial charge is 0.416 e. The van der Waals surface area contributed by atoms with E-state index < -0.39 is 23.6 Å². The Kier molecular flexibility index (Phi) is 5.22. The first-order chi connectivity index (χ1) is 12.2. The molecule has 0 aliphatic carbocycles. The number of rotatable bonds is 2. The number of nitrogens with zero attached hydrogens (tertiary/aromatic N) is 1. The van der Waals surface area contributed by atoms with Crippen molar-refractivity contribution in [3.05, 3.63) is 29.3 Å².